The standard InChI is InChI=1S/C11H10BrN3O4S/c1-6-9(11(16)17)2-8(3-10(6)12)20(18,19)15-7-4-13-14-5-7/h2-5,15H,1H3,(H,13,14)(H,16,17). The Kier molecular flexibility index (Phi) is 3.82. The first-order valence-electron chi connectivity index (χ1n) is 5.36. The summed E-state index contributed by atoms with van der Waals surface area (Å²) in [5, 5.41) is 15.2. The van der Waals surface area contributed by atoms with Crippen molar-refractivity contribution in [1.29, 1.82) is 0 Å². The molecule has 0 saturated heterocycles. The van der Waals surface area contributed by atoms with E-state index < -0.39 is 16.0 Å². The molecule has 0 amide bonds. The number of H-pyrrole nitrogens is 1. The average Bonchev–Trinajstić information content (AvgIpc) is 2.83. The van der Waals surface area contributed by atoms with Gasteiger partial charge in [-0.3, -0.25) is 9.82 Å². The Balaban J connectivity index is 2.49. The normalized spacial score (nSPS) is 11.3. The molecule has 0 spiro atoms. The summed E-state index contributed by atoms with van der Waals surface area (Å²) in [7, 11) is -3.88. The molecule has 0 atom stereocenters. The third-order valence-electron chi connectivity index (χ3n) is 2.61. The number of hydrogen-bond acceptors (Lipinski definition) is 4. The van der Waals surface area contributed by atoms with Crippen LogP contribution in [-0.2, 0) is 10.0 Å². The Morgan fingerprint density at radius 3 is 2.70 bits per heavy atom. The maximum absolute atomic E-state index is 12.2. The zero-order valence-corrected chi connectivity index (χ0v) is 12.6. The number of aromatic nitrogens is 2. The minimum atomic E-state index is -3.88. The van der Waals surface area contributed by atoms with Gasteiger partial charge in [-0.1, -0.05) is 15.9 Å². The van der Waals surface area contributed by atoms with Crippen molar-refractivity contribution in [3.63, 3.8) is 0 Å². The first kappa shape index (κ1) is 14.5. The van der Waals surface area contributed by atoms with E-state index in [2.05, 4.69) is 30.8 Å². The SMILES string of the molecule is Cc1c(Br)cc(S(=O)(=O)Nc2cn[nH]c2)cc1C(=O)O. The predicted octanol–water partition coefficient (Wildman–Crippen LogP) is 1.98. The largest absolute Gasteiger partial charge is 0.478 e. The number of carbonyl (C=O) groups is 1. The van der Waals surface area contributed by atoms with Gasteiger partial charge in [-0.25, -0.2) is 13.2 Å². The summed E-state index contributed by atoms with van der Waals surface area (Å²) in [6.07, 6.45) is 2.68. The number of sulfonamides is 1. The highest BCUT2D eigenvalue weighted by Gasteiger charge is 2.20. The molecule has 0 unspecified atom stereocenters. The number of benzene rings is 1. The van der Waals surface area contributed by atoms with E-state index in [0.29, 0.717) is 10.0 Å². The van der Waals surface area contributed by atoms with Crippen LogP contribution in [0.3, 0.4) is 0 Å². The van der Waals surface area contributed by atoms with E-state index in [1.54, 1.807) is 6.92 Å². The molecule has 0 saturated carbocycles. The molecule has 0 aliphatic carbocycles. The van der Waals surface area contributed by atoms with Gasteiger partial charge in [0, 0.05) is 10.7 Å². The summed E-state index contributed by atoms with van der Waals surface area (Å²) < 4.78 is 27.0. The molecular formula is C11H10BrN3O4S. The number of halogens is 1. The Morgan fingerprint density at radius 2 is 2.15 bits per heavy atom. The highest BCUT2D eigenvalue weighted by molar-refractivity contribution is 9.10. The van der Waals surface area contributed by atoms with E-state index in [1.165, 1.54) is 18.5 Å². The molecule has 9 heteroatoms. The zero-order valence-electron chi connectivity index (χ0n) is 10.2. The first-order chi connectivity index (χ1) is 9.31. The van der Waals surface area contributed by atoms with Crippen molar-refractivity contribution in [2.45, 2.75) is 11.8 Å². The zero-order chi connectivity index (χ0) is 14.9. The molecule has 0 radical (unpaired) electrons. The van der Waals surface area contributed by atoms with Crippen molar-refractivity contribution >= 4 is 37.6 Å². The highest BCUT2D eigenvalue weighted by atomic mass is 79.9. The van der Waals surface area contributed by atoms with Crippen LogP contribution < -0.4 is 4.72 Å². The summed E-state index contributed by atoms with van der Waals surface area (Å²) in [5.41, 5.74) is 0.644. The number of carboxylic acid groups (broad SMARTS) is 1. The lowest BCUT2D eigenvalue weighted by atomic mass is 10.1. The fourth-order valence-corrected chi connectivity index (χ4v) is 3.25. The maximum Gasteiger partial charge on any atom is 0.336 e. The summed E-state index contributed by atoms with van der Waals surface area (Å²) in [4.78, 5) is 11.0. The van der Waals surface area contributed by atoms with Crippen LogP contribution in [0.1, 0.15) is 15.9 Å². The lowest BCUT2D eigenvalue weighted by molar-refractivity contribution is 0.0695. The minimum Gasteiger partial charge on any atom is -0.478 e. The van der Waals surface area contributed by atoms with E-state index in [4.69, 9.17) is 5.11 Å². The lowest BCUT2D eigenvalue weighted by Crippen LogP contribution is -2.14. The molecular weight excluding hydrogens is 350 g/mol. The summed E-state index contributed by atoms with van der Waals surface area (Å²) in [5.74, 6) is -1.19. The average molecular weight is 360 g/mol. The topological polar surface area (TPSA) is 112 Å². The van der Waals surface area contributed by atoms with Gasteiger partial charge in [0.2, 0.25) is 0 Å². The Labute approximate surface area is 123 Å². The monoisotopic (exact) mass is 359 g/mol. The fourth-order valence-electron chi connectivity index (χ4n) is 1.55. The van der Waals surface area contributed by atoms with Gasteiger partial charge in [-0.2, -0.15) is 5.10 Å². The van der Waals surface area contributed by atoms with Crippen LogP contribution in [-0.4, -0.2) is 29.7 Å². The fraction of sp³-hybridized carbons (Fsp3) is 0.0909. The molecule has 2 aromatic rings. The summed E-state index contributed by atoms with van der Waals surface area (Å²) in [6.45, 7) is 1.59. The van der Waals surface area contributed by atoms with Gasteiger partial charge in [0.1, 0.15) is 0 Å². The molecule has 106 valence electrons. The minimum absolute atomic E-state index is 0.0769. The van der Waals surface area contributed by atoms with E-state index in [-0.39, 0.29) is 16.1 Å². The van der Waals surface area contributed by atoms with Crippen LogP contribution in [0, 0.1) is 6.92 Å². The van der Waals surface area contributed by atoms with E-state index in [1.807, 2.05) is 0 Å². The van der Waals surface area contributed by atoms with E-state index in [0.717, 1.165) is 6.07 Å². The molecule has 20 heavy (non-hydrogen) atoms. The molecule has 1 aromatic heterocycles. The van der Waals surface area contributed by atoms with Crippen LogP contribution in [0.2, 0.25) is 0 Å². The highest BCUT2D eigenvalue weighted by Crippen LogP contribution is 2.26. The van der Waals surface area contributed by atoms with Crippen LogP contribution in [0.5, 0.6) is 0 Å². The van der Waals surface area contributed by atoms with Gasteiger partial charge in [0.05, 0.1) is 22.3 Å². The van der Waals surface area contributed by atoms with Crippen molar-refractivity contribution < 1.29 is 18.3 Å². The van der Waals surface area contributed by atoms with Gasteiger partial charge in [-0.15, -0.1) is 0 Å². The number of anilines is 1. The number of aromatic amines is 1. The van der Waals surface area contributed by atoms with E-state index in [9.17, 15) is 13.2 Å². The van der Waals surface area contributed by atoms with Crippen molar-refractivity contribution in [2.24, 2.45) is 0 Å². The number of nitrogens with one attached hydrogen (secondary N) is 2. The Bertz CT molecular complexity index is 756. The second-order valence-corrected chi connectivity index (χ2v) is 6.51. The van der Waals surface area contributed by atoms with Crippen molar-refractivity contribution in [2.75, 3.05) is 4.72 Å². The molecule has 1 aromatic carbocycles. The number of carboxylic acids is 1. The Morgan fingerprint density at radius 1 is 1.45 bits per heavy atom. The van der Waals surface area contributed by atoms with Gasteiger partial charge in [0.25, 0.3) is 10.0 Å². The summed E-state index contributed by atoms with van der Waals surface area (Å²) >= 11 is 3.16. The molecule has 2 rings (SSSR count). The van der Waals surface area contributed by atoms with Crippen LogP contribution in [0.4, 0.5) is 5.69 Å². The second kappa shape index (κ2) is 5.25. The number of aromatic carboxylic acids is 1. The first-order valence-corrected chi connectivity index (χ1v) is 7.64. The second-order valence-electron chi connectivity index (χ2n) is 3.98. The van der Waals surface area contributed by atoms with Gasteiger partial charge < -0.3 is 5.11 Å². The predicted molar refractivity (Wildman–Crippen MR) is 75.2 cm³/mol. The van der Waals surface area contributed by atoms with Crippen molar-refractivity contribution in [1.82, 2.24) is 10.2 Å². The van der Waals surface area contributed by atoms with Crippen LogP contribution in [0.25, 0.3) is 0 Å². The summed E-state index contributed by atoms with van der Waals surface area (Å²) in [6, 6.07) is 2.47. The molecule has 7 nitrogen and oxygen atoms in total. The van der Waals surface area contributed by atoms with Gasteiger partial charge in [0.15, 0.2) is 0 Å². The molecule has 0 aliphatic rings. The third-order valence-corrected chi connectivity index (χ3v) is 4.79. The van der Waals surface area contributed by atoms with E-state index >= 15 is 0 Å². The van der Waals surface area contributed by atoms with Crippen molar-refractivity contribution in [3.8, 4) is 0 Å². The Hall–Kier alpha value is -1.87. The molecule has 0 bridgehead atoms. The van der Waals surface area contributed by atoms with Crippen LogP contribution in [0.15, 0.2) is 33.9 Å². The van der Waals surface area contributed by atoms with Crippen molar-refractivity contribution in [3.05, 3.63) is 40.1 Å². The van der Waals surface area contributed by atoms with Gasteiger partial charge >= 0.3 is 5.97 Å². The number of hydrogen-bond donors (Lipinski definition) is 3. The quantitative estimate of drug-likeness (QED) is 0.772. The van der Waals surface area contributed by atoms with Crippen LogP contribution >= 0.6 is 15.9 Å². The maximum atomic E-state index is 12.2. The molecule has 1 heterocycles. The molecule has 0 fully saturated rings. The third kappa shape index (κ3) is 2.83. The van der Waals surface area contributed by atoms with Gasteiger partial charge in [-0.05, 0) is 24.6 Å². The molecule has 3 N–H and O–H groups in total. The smallest absolute Gasteiger partial charge is 0.336 e. The lowest BCUT2D eigenvalue weighted by Gasteiger charge is -2.10. The number of nitrogens with zero attached hydrogens (tertiary/aromatic N) is 1. The number of rotatable bonds is 4. The molecule has 0 aliphatic heterocycles.